The van der Waals surface area contributed by atoms with Gasteiger partial charge in [-0.3, -0.25) is 0 Å². The summed E-state index contributed by atoms with van der Waals surface area (Å²) in [4.78, 5) is 0. The van der Waals surface area contributed by atoms with Crippen LogP contribution in [0.25, 0.3) is 0 Å². The molecule has 4 saturated carbocycles. The minimum Gasteiger partial charge on any atom is -0.327 e. The second-order valence-corrected chi connectivity index (χ2v) is 9.13. The summed E-state index contributed by atoms with van der Waals surface area (Å²) in [5, 5.41) is 0. The standard InChI is InChI=1S/C19H33N/c1-18-11-4-3-5-13(18)6-7-14-15-8-9-17(20)19(15,2)12-10-16(14)18/h13-17H,3-12,20H2,1-2H3/t13?,14?,15?,16?,17?,18-,19-/m1/s1. The first-order valence-corrected chi connectivity index (χ1v) is 9.31. The van der Waals surface area contributed by atoms with Crippen molar-refractivity contribution in [2.75, 3.05) is 0 Å². The largest absolute Gasteiger partial charge is 0.327 e. The second-order valence-electron chi connectivity index (χ2n) is 9.13. The van der Waals surface area contributed by atoms with Crippen LogP contribution in [0.2, 0.25) is 0 Å². The molecule has 114 valence electrons. The Morgan fingerprint density at radius 3 is 2.40 bits per heavy atom. The molecule has 0 amide bonds. The number of fused-ring (bicyclic) bond motifs is 5. The molecule has 4 rings (SSSR count). The van der Waals surface area contributed by atoms with E-state index in [0.29, 0.717) is 16.9 Å². The summed E-state index contributed by atoms with van der Waals surface area (Å²) in [5.41, 5.74) is 7.69. The summed E-state index contributed by atoms with van der Waals surface area (Å²) < 4.78 is 0. The zero-order valence-corrected chi connectivity index (χ0v) is 13.5. The third-order valence-electron chi connectivity index (χ3n) is 8.66. The lowest BCUT2D eigenvalue weighted by Crippen LogP contribution is -2.54. The van der Waals surface area contributed by atoms with Gasteiger partial charge < -0.3 is 5.73 Å². The fourth-order valence-corrected chi connectivity index (χ4v) is 7.34. The van der Waals surface area contributed by atoms with Gasteiger partial charge in [0.05, 0.1) is 0 Å². The molecular weight excluding hydrogens is 242 g/mol. The molecule has 7 atom stereocenters. The summed E-state index contributed by atoms with van der Waals surface area (Å²) in [5.74, 6) is 4.06. The van der Waals surface area contributed by atoms with E-state index in [1.54, 1.807) is 0 Å². The van der Waals surface area contributed by atoms with Gasteiger partial charge in [-0.05, 0) is 85.9 Å². The van der Waals surface area contributed by atoms with Gasteiger partial charge in [-0.2, -0.15) is 0 Å². The van der Waals surface area contributed by atoms with E-state index >= 15 is 0 Å². The monoisotopic (exact) mass is 275 g/mol. The topological polar surface area (TPSA) is 26.0 Å². The lowest BCUT2D eigenvalue weighted by Gasteiger charge is -2.60. The predicted molar refractivity (Wildman–Crippen MR) is 84.3 cm³/mol. The van der Waals surface area contributed by atoms with Crippen LogP contribution in [0.5, 0.6) is 0 Å². The Morgan fingerprint density at radius 1 is 0.750 bits per heavy atom. The Morgan fingerprint density at radius 2 is 1.55 bits per heavy atom. The fourth-order valence-electron chi connectivity index (χ4n) is 7.34. The molecule has 4 aliphatic rings. The average molecular weight is 275 g/mol. The smallest absolute Gasteiger partial charge is 0.00957 e. The van der Waals surface area contributed by atoms with Crippen molar-refractivity contribution in [1.29, 1.82) is 0 Å². The molecule has 0 bridgehead atoms. The highest BCUT2D eigenvalue weighted by Crippen LogP contribution is 2.65. The first kappa shape index (κ1) is 13.6. The van der Waals surface area contributed by atoms with Crippen LogP contribution in [-0.4, -0.2) is 6.04 Å². The minimum absolute atomic E-state index is 0.485. The molecule has 4 fully saturated rings. The summed E-state index contributed by atoms with van der Waals surface area (Å²) >= 11 is 0. The van der Waals surface area contributed by atoms with Gasteiger partial charge in [0, 0.05) is 6.04 Å². The minimum atomic E-state index is 0.485. The van der Waals surface area contributed by atoms with E-state index in [9.17, 15) is 0 Å². The van der Waals surface area contributed by atoms with Gasteiger partial charge in [0.15, 0.2) is 0 Å². The van der Waals surface area contributed by atoms with E-state index in [1.807, 2.05) is 0 Å². The van der Waals surface area contributed by atoms with Crippen LogP contribution in [0.4, 0.5) is 0 Å². The Labute approximate surface area is 125 Å². The van der Waals surface area contributed by atoms with Crippen molar-refractivity contribution in [3.63, 3.8) is 0 Å². The maximum Gasteiger partial charge on any atom is 0.00957 e. The average Bonchev–Trinajstić information content (AvgIpc) is 2.74. The summed E-state index contributed by atoms with van der Waals surface area (Å²) in [6, 6.07) is 0.491. The molecule has 2 N–H and O–H groups in total. The summed E-state index contributed by atoms with van der Waals surface area (Å²) in [6.07, 6.45) is 14.7. The van der Waals surface area contributed by atoms with Gasteiger partial charge in [0.25, 0.3) is 0 Å². The third kappa shape index (κ3) is 1.65. The van der Waals surface area contributed by atoms with Crippen LogP contribution in [-0.2, 0) is 0 Å². The van der Waals surface area contributed by atoms with Crippen molar-refractivity contribution in [2.24, 2.45) is 40.2 Å². The highest BCUT2D eigenvalue weighted by molar-refractivity contribution is 5.09. The van der Waals surface area contributed by atoms with Crippen molar-refractivity contribution in [1.82, 2.24) is 0 Å². The molecule has 0 heterocycles. The first-order valence-electron chi connectivity index (χ1n) is 9.31. The van der Waals surface area contributed by atoms with Gasteiger partial charge >= 0.3 is 0 Å². The number of rotatable bonds is 0. The number of nitrogens with two attached hydrogens (primary N) is 1. The van der Waals surface area contributed by atoms with Gasteiger partial charge in [0.1, 0.15) is 0 Å². The van der Waals surface area contributed by atoms with Gasteiger partial charge in [0.2, 0.25) is 0 Å². The Hall–Kier alpha value is -0.0400. The van der Waals surface area contributed by atoms with Crippen LogP contribution in [0.1, 0.15) is 78.1 Å². The highest BCUT2D eigenvalue weighted by atomic mass is 14.8. The van der Waals surface area contributed by atoms with Gasteiger partial charge in [-0.15, -0.1) is 0 Å². The van der Waals surface area contributed by atoms with E-state index in [2.05, 4.69) is 13.8 Å². The van der Waals surface area contributed by atoms with Crippen molar-refractivity contribution < 1.29 is 0 Å². The van der Waals surface area contributed by atoms with Crippen LogP contribution >= 0.6 is 0 Å². The predicted octanol–water partition coefficient (Wildman–Crippen LogP) is 4.75. The van der Waals surface area contributed by atoms with Crippen LogP contribution in [0, 0.1) is 34.5 Å². The lowest BCUT2D eigenvalue weighted by atomic mass is 9.45. The lowest BCUT2D eigenvalue weighted by molar-refractivity contribution is -0.105. The molecule has 20 heavy (non-hydrogen) atoms. The second kappa shape index (κ2) is 4.48. The van der Waals surface area contributed by atoms with Gasteiger partial charge in [-0.25, -0.2) is 0 Å². The van der Waals surface area contributed by atoms with Gasteiger partial charge in [-0.1, -0.05) is 26.7 Å². The molecule has 5 unspecified atom stereocenters. The summed E-state index contributed by atoms with van der Waals surface area (Å²) in [6.45, 7) is 5.20. The molecule has 4 aliphatic carbocycles. The Kier molecular flexibility index (Phi) is 3.05. The quantitative estimate of drug-likeness (QED) is 0.678. The third-order valence-corrected chi connectivity index (χ3v) is 8.66. The molecule has 0 radical (unpaired) electrons. The van der Waals surface area contributed by atoms with Crippen molar-refractivity contribution in [2.45, 2.75) is 84.1 Å². The Balaban J connectivity index is 1.64. The molecule has 1 heteroatoms. The molecule has 0 aromatic carbocycles. The zero-order chi connectivity index (χ0) is 14.0. The normalized spacial score (nSPS) is 58.6. The van der Waals surface area contributed by atoms with E-state index in [4.69, 9.17) is 5.73 Å². The van der Waals surface area contributed by atoms with Crippen molar-refractivity contribution >= 4 is 0 Å². The molecule has 1 nitrogen and oxygen atoms in total. The molecule has 0 aromatic rings. The van der Waals surface area contributed by atoms with E-state index < -0.39 is 0 Å². The Bertz CT molecular complexity index is 391. The van der Waals surface area contributed by atoms with Crippen molar-refractivity contribution in [3.05, 3.63) is 0 Å². The van der Waals surface area contributed by atoms with E-state index in [1.165, 1.54) is 64.2 Å². The summed E-state index contributed by atoms with van der Waals surface area (Å²) in [7, 11) is 0. The maximum absolute atomic E-state index is 6.51. The number of hydrogen-bond donors (Lipinski definition) is 1. The van der Waals surface area contributed by atoms with E-state index in [0.717, 1.165) is 23.7 Å². The first-order chi connectivity index (χ1) is 9.56. The number of hydrogen-bond acceptors (Lipinski definition) is 1. The molecule has 0 spiro atoms. The zero-order valence-electron chi connectivity index (χ0n) is 13.5. The maximum atomic E-state index is 6.51. The fraction of sp³-hybridized carbons (Fsp3) is 1.00. The molecule has 0 aromatic heterocycles. The van der Waals surface area contributed by atoms with Crippen LogP contribution < -0.4 is 5.73 Å². The van der Waals surface area contributed by atoms with Crippen LogP contribution in [0.3, 0.4) is 0 Å². The molecular formula is C19H33N. The molecule has 0 saturated heterocycles. The van der Waals surface area contributed by atoms with Crippen LogP contribution in [0.15, 0.2) is 0 Å². The SMILES string of the molecule is C[C@@]12CCC3C(CCC4CCCC[C@]43C)C1CCC2N. The highest BCUT2D eigenvalue weighted by Gasteiger charge is 2.58. The van der Waals surface area contributed by atoms with Crippen molar-refractivity contribution in [3.8, 4) is 0 Å². The van der Waals surface area contributed by atoms with E-state index in [-0.39, 0.29) is 0 Å². The molecule has 0 aliphatic heterocycles.